The summed E-state index contributed by atoms with van der Waals surface area (Å²) >= 11 is -0.382. The Kier molecular flexibility index (Phi) is 9.56. The van der Waals surface area contributed by atoms with E-state index in [1.165, 1.54) is 20.9 Å². The molecule has 0 fully saturated rings. The summed E-state index contributed by atoms with van der Waals surface area (Å²) in [4.78, 5) is 0. The van der Waals surface area contributed by atoms with Crippen molar-refractivity contribution >= 4 is 32.1 Å². The fourth-order valence-electron chi connectivity index (χ4n) is 1.74. The quantitative estimate of drug-likeness (QED) is 0.296. The summed E-state index contributed by atoms with van der Waals surface area (Å²) in [7, 11) is -3.12. The van der Waals surface area contributed by atoms with Crippen molar-refractivity contribution in [3.63, 3.8) is 0 Å². The van der Waals surface area contributed by atoms with Gasteiger partial charge in [-0.15, -0.1) is 0 Å². The maximum absolute atomic E-state index is 12.7. The molecule has 0 unspecified atom stereocenters. The van der Waals surface area contributed by atoms with Gasteiger partial charge < -0.3 is 0 Å². The minimum atomic E-state index is -3.12. The summed E-state index contributed by atoms with van der Waals surface area (Å²) < 4.78 is 25.9. The molecule has 1 aromatic rings. The Morgan fingerprint density at radius 1 is 1.14 bits per heavy atom. The Morgan fingerprint density at radius 3 is 2.29 bits per heavy atom. The normalized spacial score (nSPS) is 12.6. The number of rotatable bonds is 10. The molecular formula is C16H25O3PTe. The van der Waals surface area contributed by atoms with Crippen LogP contribution in [0.15, 0.2) is 36.1 Å². The Labute approximate surface area is 138 Å². The van der Waals surface area contributed by atoms with Gasteiger partial charge in [-0.05, 0) is 0 Å². The molecule has 0 spiro atoms. The molecule has 0 amide bonds. The van der Waals surface area contributed by atoms with E-state index in [4.69, 9.17) is 9.05 Å². The number of hydrogen-bond acceptors (Lipinski definition) is 3. The van der Waals surface area contributed by atoms with Crippen molar-refractivity contribution in [1.82, 2.24) is 0 Å². The van der Waals surface area contributed by atoms with Gasteiger partial charge >= 0.3 is 139 Å². The first-order chi connectivity index (χ1) is 10.1. The van der Waals surface area contributed by atoms with Gasteiger partial charge in [-0.1, -0.05) is 0 Å². The summed E-state index contributed by atoms with van der Waals surface area (Å²) in [5.41, 5.74) is 1.15. The van der Waals surface area contributed by atoms with Crippen LogP contribution in [0, 0.1) is 0 Å². The van der Waals surface area contributed by atoms with Gasteiger partial charge in [0.05, 0.1) is 0 Å². The van der Waals surface area contributed by atoms with E-state index in [0.29, 0.717) is 13.2 Å². The van der Waals surface area contributed by atoms with Crippen molar-refractivity contribution in [2.45, 2.75) is 38.1 Å². The van der Waals surface area contributed by atoms with Gasteiger partial charge in [0.2, 0.25) is 0 Å². The van der Waals surface area contributed by atoms with E-state index >= 15 is 0 Å². The fraction of sp³-hybridized carbons (Fsp3) is 0.500. The molecule has 0 bridgehead atoms. The molecule has 1 rings (SSSR count). The van der Waals surface area contributed by atoms with Gasteiger partial charge in [0.15, 0.2) is 0 Å². The molecule has 0 heterocycles. The van der Waals surface area contributed by atoms with Crippen LogP contribution in [0.5, 0.6) is 0 Å². The summed E-state index contributed by atoms with van der Waals surface area (Å²) in [5.74, 6) is 1.77. The Balaban J connectivity index is 3.03. The van der Waals surface area contributed by atoms with Crippen LogP contribution in [0.2, 0.25) is 4.47 Å². The molecule has 0 atom stereocenters. The number of unbranched alkanes of at least 4 members (excludes halogenated alkanes) is 1. The average molecular weight is 424 g/mol. The van der Waals surface area contributed by atoms with E-state index in [1.54, 1.807) is 5.82 Å². The van der Waals surface area contributed by atoms with Gasteiger partial charge in [-0.2, -0.15) is 0 Å². The molecule has 5 heteroatoms. The number of benzene rings is 1. The van der Waals surface area contributed by atoms with E-state index in [-0.39, 0.29) is 20.9 Å². The first kappa shape index (κ1) is 18.9. The van der Waals surface area contributed by atoms with Gasteiger partial charge in [0.1, 0.15) is 0 Å². The molecule has 21 heavy (non-hydrogen) atoms. The molecule has 1 aromatic carbocycles. The van der Waals surface area contributed by atoms with Crippen molar-refractivity contribution in [2.24, 2.45) is 0 Å². The number of hydrogen-bond donors (Lipinski definition) is 0. The monoisotopic (exact) mass is 426 g/mol. The van der Waals surface area contributed by atoms with Crippen molar-refractivity contribution in [2.75, 3.05) is 13.2 Å². The molecule has 0 radical (unpaired) electrons. The second-order valence-corrected chi connectivity index (χ2v) is 9.54. The van der Waals surface area contributed by atoms with Crippen LogP contribution in [0.4, 0.5) is 0 Å². The van der Waals surface area contributed by atoms with Crippen molar-refractivity contribution in [1.29, 1.82) is 0 Å². The zero-order chi connectivity index (χ0) is 15.6. The zero-order valence-corrected chi connectivity index (χ0v) is 16.3. The van der Waals surface area contributed by atoms with Crippen molar-refractivity contribution < 1.29 is 13.6 Å². The Morgan fingerprint density at radius 2 is 1.76 bits per heavy atom. The van der Waals surface area contributed by atoms with Crippen LogP contribution in [-0.2, 0) is 13.6 Å². The summed E-state index contributed by atoms with van der Waals surface area (Å²) in [6.07, 6.45) is 2.42. The van der Waals surface area contributed by atoms with E-state index in [2.05, 4.69) is 19.1 Å². The topological polar surface area (TPSA) is 35.5 Å². The SMILES string of the molecule is CCCC[Te]/C(=C/P(=O)(OCC)OCC)c1ccccc1. The maximum atomic E-state index is 12.7. The third-order valence-corrected chi connectivity index (χ3v) is 8.36. The van der Waals surface area contributed by atoms with Crippen LogP contribution in [-0.4, -0.2) is 34.1 Å². The standard InChI is InChI=1S/C16H25O3PTe/c1-4-7-13-21-16(15-11-9-8-10-12-15)14-20(17,18-5-2)19-6-3/h8-12,14H,4-7,13H2,1-3H3/b16-14+. The van der Waals surface area contributed by atoms with Crippen LogP contribution in [0.1, 0.15) is 39.2 Å². The van der Waals surface area contributed by atoms with Crippen LogP contribution >= 0.6 is 7.60 Å². The van der Waals surface area contributed by atoms with Crippen LogP contribution in [0.25, 0.3) is 3.62 Å². The third-order valence-electron chi connectivity index (χ3n) is 2.71. The molecule has 0 saturated heterocycles. The second-order valence-electron chi connectivity index (χ2n) is 4.44. The second kappa shape index (κ2) is 10.6. The predicted molar refractivity (Wildman–Crippen MR) is 90.7 cm³/mol. The average Bonchev–Trinajstić information content (AvgIpc) is 2.48. The van der Waals surface area contributed by atoms with Gasteiger partial charge in [0, 0.05) is 0 Å². The van der Waals surface area contributed by atoms with E-state index in [0.717, 1.165) is 5.56 Å². The predicted octanol–water partition coefficient (Wildman–Crippen LogP) is 5.17. The molecule has 0 saturated carbocycles. The molecular weight excluding hydrogens is 399 g/mol. The Bertz CT molecular complexity index is 464. The molecule has 0 aliphatic carbocycles. The van der Waals surface area contributed by atoms with Gasteiger partial charge in [0.25, 0.3) is 0 Å². The molecule has 0 aliphatic rings. The first-order valence-corrected chi connectivity index (χ1v) is 11.9. The summed E-state index contributed by atoms with van der Waals surface area (Å²) in [6.45, 7) is 6.67. The Hall–Kier alpha value is -0.100. The summed E-state index contributed by atoms with van der Waals surface area (Å²) in [6, 6.07) is 10.2. The third kappa shape index (κ3) is 7.13. The van der Waals surface area contributed by atoms with E-state index in [9.17, 15) is 4.57 Å². The van der Waals surface area contributed by atoms with E-state index in [1.807, 2.05) is 32.0 Å². The van der Waals surface area contributed by atoms with Gasteiger partial charge in [-0.25, -0.2) is 0 Å². The van der Waals surface area contributed by atoms with Gasteiger partial charge in [-0.3, -0.25) is 0 Å². The first-order valence-electron chi connectivity index (χ1n) is 7.45. The van der Waals surface area contributed by atoms with Crippen molar-refractivity contribution in [3.8, 4) is 0 Å². The molecule has 0 N–H and O–H groups in total. The van der Waals surface area contributed by atoms with E-state index < -0.39 is 7.60 Å². The van der Waals surface area contributed by atoms with Crippen molar-refractivity contribution in [3.05, 3.63) is 41.7 Å². The van der Waals surface area contributed by atoms with Crippen LogP contribution < -0.4 is 0 Å². The fourth-order valence-corrected chi connectivity index (χ4v) is 7.66. The molecule has 118 valence electrons. The molecule has 0 aromatic heterocycles. The van der Waals surface area contributed by atoms with Crippen LogP contribution in [0.3, 0.4) is 0 Å². The minimum absolute atomic E-state index is 0.382. The molecule has 3 nitrogen and oxygen atoms in total. The zero-order valence-electron chi connectivity index (χ0n) is 13.1. The molecule has 0 aliphatic heterocycles. The summed E-state index contributed by atoms with van der Waals surface area (Å²) in [5, 5.41) is 0.